The van der Waals surface area contributed by atoms with Gasteiger partial charge < -0.3 is 20.7 Å². The van der Waals surface area contributed by atoms with E-state index in [-0.39, 0.29) is 36.7 Å². The molecule has 1 heterocycles. The molecular weight excluding hydrogens is 378 g/mol. The van der Waals surface area contributed by atoms with Crippen LogP contribution in [0, 0.1) is 11.8 Å². The van der Waals surface area contributed by atoms with Gasteiger partial charge in [-0.25, -0.2) is 0 Å². The van der Waals surface area contributed by atoms with E-state index in [4.69, 9.17) is 10.5 Å². The maximum absolute atomic E-state index is 12.8. The lowest BCUT2D eigenvalue weighted by Crippen LogP contribution is -2.56. The first-order chi connectivity index (χ1) is 12.8. The van der Waals surface area contributed by atoms with E-state index in [1.165, 1.54) is 0 Å². The highest BCUT2D eigenvalue weighted by molar-refractivity contribution is 5.85. The van der Waals surface area contributed by atoms with E-state index in [1.54, 1.807) is 4.90 Å². The SMILES string of the molecule is CC(C)CC(C)(CN)NC(=O)C1CCCN(C(=O)COc2ccccc2)C1.Cl. The fourth-order valence-corrected chi connectivity index (χ4v) is 3.66. The Morgan fingerprint density at radius 3 is 2.61 bits per heavy atom. The average Bonchev–Trinajstić information content (AvgIpc) is 2.66. The molecule has 2 rings (SSSR count). The zero-order valence-corrected chi connectivity index (χ0v) is 18.0. The molecule has 2 atom stereocenters. The largest absolute Gasteiger partial charge is 0.484 e. The van der Waals surface area contributed by atoms with Crippen LogP contribution in [0.15, 0.2) is 30.3 Å². The molecule has 1 aromatic rings. The van der Waals surface area contributed by atoms with Crippen LogP contribution in [0.5, 0.6) is 5.75 Å². The maximum Gasteiger partial charge on any atom is 0.260 e. The molecule has 28 heavy (non-hydrogen) atoms. The lowest BCUT2D eigenvalue weighted by atomic mass is 9.89. The molecule has 1 aliphatic rings. The summed E-state index contributed by atoms with van der Waals surface area (Å²) in [5.74, 6) is 0.825. The summed E-state index contributed by atoms with van der Waals surface area (Å²) < 4.78 is 5.55. The highest BCUT2D eigenvalue weighted by Gasteiger charge is 2.33. The average molecular weight is 412 g/mol. The normalized spacial score (nSPS) is 18.8. The summed E-state index contributed by atoms with van der Waals surface area (Å²) in [5, 5.41) is 3.13. The van der Waals surface area contributed by atoms with Gasteiger partial charge >= 0.3 is 0 Å². The quantitative estimate of drug-likeness (QED) is 0.688. The number of amides is 2. The van der Waals surface area contributed by atoms with E-state index in [1.807, 2.05) is 37.3 Å². The Balaban J connectivity index is 0.00000392. The Kier molecular flexibility index (Phi) is 9.76. The predicted octanol–water partition coefficient (Wildman–Crippen LogP) is 2.61. The van der Waals surface area contributed by atoms with Gasteiger partial charge in [0.2, 0.25) is 5.91 Å². The highest BCUT2D eigenvalue weighted by atomic mass is 35.5. The number of likely N-dealkylation sites (tertiary alicyclic amines) is 1. The van der Waals surface area contributed by atoms with Crippen LogP contribution in [0.1, 0.15) is 40.0 Å². The number of nitrogens with zero attached hydrogens (tertiary/aromatic N) is 1. The zero-order valence-electron chi connectivity index (χ0n) is 17.1. The summed E-state index contributed by atoms with van der Waals surface area (Å²) in [5.41, 5.74) is 5.50. The molecule has 158 valence electrons. The zero-order chi connectivity index (χ0) is 19.9. The maximum atomic E-state index is 12.8. The molecule has 0 aromatic heterocycles. The van der Waals surface area contributed by atoms with Gasteiger partial charge in [-0.2, -0.15) is 0 Å². The summed E-state index contributed by atoms with van der Waals surface area (Å²) in [6.45, 7) is 7.72. The van der Waals surface area contributed by atoms with Crippen molar-refractivity contribution >= 4 is 24.2 Å². The summed E-state index contributed by atoms with van der Waals surface area (Å²) in [4.78, 5) is 27.0. The standard InChI is InChI=1S/C21H33N3O3.ClH/c1-16(2)12-21(3,15-22)23-20(26)17-8-7-11-24(13-17)19(25)14-27-18-9-5-4-6-10-18;/h4-6,9-10,16-17H,7-8,11-15,22H2,1-3H3,(H,23,26);1H. The molecule has 0 bridgehead atoms. The molecule has 0 radical (unpaired) electrons. The highest BCUT2D eigenvalue weighted by Crippen LogP contribution is 2.21. The van der Waals surface area contributed by atoms with Crippen molar-refractivity contribution in [2.75, 3.05) is 26.2 Å². The first kappa shape index (κ1) is 24.2. The van der Waals surface area contributed by atoms with Crippen LogP contribution in [0.25, 0.3) is 0 Å². The molecule has 1 aliphatic heterocycles. The number of hydrogen-bond acceptors (Lipinski definition) is 4. The summed E-state index contributed by atoms with van der Waals surface area (Å²) >= 11 is 0. The number of carbonyl (C=O) groups is 2. The molecule has 1 aromatic carbocycles. The number of benzene rings is 1. The Hall–Kier alpha value is -1.79. The molecule has 2 unspecified atom stereocenters. The van der Waals surface area contributed by atoms with Crippen molar-refractivity contribution in [3.63, 3.8) is 0 Å². The van der Waals surface area contributed by atoms with Gasteiger partial charge in [-0.05, 0) is 44.2 Å². The van der Waals surface area contributed by atoms with E-state index in [9.17, 15) is 9.59 Å². The molecule has 0 saturated carbocycles. The molecule has 1 fully saturated rings. The Labute approximate surface area is 174 Å². The van der Waals surface area contributed by atoms with Crippen molar-refractivity contribution in [3.8, 4) is 5.75 Å². The van der Waals surface area contributed by atoms with Gasteiger partial charge in [-0.1, -0.05) is 32.0 Å². The third-order valence-corrected chi connectivity index (χ3v) is 4.98. The van der Waals surface area contributed by atoms with E-state index < -0.39 is 5.54 Å². The molecule has 0 aliphatic carbocycles. The number of hydrogen-bond donors (Lipinski definition) is 2. The molecule has 3 N–H and O–H groups in total. The van der Waals surface area contributed by atoms with Gasteiger partial charge in [0, 0.05) is 25.2 Å². The number of para-hydroxylation sites is 1. The van der Waals surface area contributed by atoms with Crippen LogP contribution >= 0.6 is 12.4 Å². The number of ether oxygens (including phenoxy) is 1. The number of nitrogens with one attached hydrogen (secondary N) is 1. The van der Waals surface area contributed by atoms with Crippen molar-refractivity contribution in [1.29, 1.82) is 0 Å². The Morgan fingerprint density at radius 2 is 2.00 bits per heavy atom. The fourth-order valence-electron chi connectivity index (χ4n) is 3.66. The van der Waals surface area contributed by atoms with Crippen molar-refractivity contribution in [2.45, 2.75) is 45.6 Å². The van der Waals surface area contributed by atoms with Crippen molar-refractivity contribution in [3.05, 3.63) is 30.3 Å². The van der Waals surface area contributed by atoms with Gasteiger partial charge in [0.15, 0.2) is 6.61 Å². The third-order valence-electron chi connectivity index (χ3n) is 4.98. The second-order valence-corrected chi connectivity index (χ2v) is 8.13. The minimum absolute atomic E-state index is 0. The van der Waals surface area contributed by atoms with Crippen LogP contribution in [-0.2, 0) is 9.59 Å². The third kappa shape index (κ3) is 7.32. The lowest BCUT2D eigenvalue weighted by Gasteiger charge is -2.36. The number of halogens is 1. The van der Waals surface area contributed by atoms with Gasteiger partial charge in [-0.3, -0.25) is 9.59 Å². The van der Waals surface area contributed by atoms with Gasteiger partial charge in [0.05, 0.1) is 5.92 Å². The topological polar surface area (TPSA) is 84.7 Å². The second-order valence-electron chi connectivity index (χ2n) is 8.13. The smallest absolute Gasteiger partial charge is 0.260 e. The van der Waals surface area contributed by atoms with E-state index >= 15 is 0 Å². The van der Waals surface area contributed by atoms with Crippen LogP contribution in [0.4, 0.5) is 0 Å². The van der Waals surface area contributed by atoms with Crippen molar-refractivity contribution < 1.29 is 14.3 Å². The van der Waals surface area contributed by atoms with E-state index in [0.717, 1.165) is 19.3 Å². The predicted molar refractivity (Wildman–Crippen MR) is 114 cm³/mol. The van der Waals surface area contributed by atoms with Gasteiger partial charge in [0.1, 0.15) is 5.75 Å². The van der Waals surface area contributed by atoms with Gasteiger partial charge in [-0.15, -0.1) is 12.4 Å². The number of rotatable bonds is 8. The fraction of sp³-hybridized carbons (Fsp3) is 0.619. The van der Waals surface area contributed by atoms with Crippen molar-refractivity contribution in [2.24, 2.45) is 17.6 Å². The first-order valence-electron chi connectivity index (χ1n) is 9.80. The minimum atomic E-state index is -0.409. The van der Waals surface area contributed by atoms with Crippen LogP contribution in [0.2, 0.25) is 0 Å². The Bertz CT molecular complexity index is 627. The van der Waals surface area contributed by atoms with Gasteiger partial charge in [0.25, 0.3) is 5.91 Å². The molecule has 6 nitrogen and oxygen atoms in total. The van der Waals surface area contributed by atoms with Crippen LogP contribution in [-0.4, -0.2) is 48.5 Å². The molecule has 7 heteroatoms. The number of piperidine rings is 1. The summed E-state index contributed by atoms with van der Waals surface area (Å²) in [6, 6.07) is 9.28. The molecule has 2 amide bonds. The molecule has 1 saturated heterocycles. The summed E-state index contributed by atoms with van der Waals surface area (Å²) in [7, 11) is 0. The number of carbonyl (C=O) groups excluding carboxylic acids is 2. The monoisotopic (exact) mass is 411 g/mol. The molecular formula is C21H34ClN3O3. The van der Waals surface area contributed by atoms with Crippen LogP contribution in [0.3, 0.4) is 0 Å². The first-order valence-corrected chi connectivity index (χ1v) is 9.80. The van der Waals surface area contributed by atoms with Crippen LogP contribution < -0.4 is 15.8 Å². The van der Waals surface area contributed by atoms with Crippen molar-refractivity contribution in [1.82, 2.24) is 10.2 Å². The number of nitrogens with two attached hydrogens (primary N) is 1. The van der Waals surface area contributed by atoms with E-state index in [2.05, 4.69) is 19.2 Å². The Morgan fingerprint density at radius 1 is 1.32 bits per heavy atom. The lowest BCUT2D eigenvalue weighted by molar-refractivity contribution is -0.137. The second kappa shape index (κ2) is 11.3. The molecule has 0 spiro atoms. The minimum Gasteiger partial charge on any atom is -0.484 e. The van der Waals surface area contributed by atoms with E-state index in [0.29, 0.717) is 31.3 Å². The summed E-state index contributed by atoms with van der Waals surface area (Å²) in [6.07, 6.45) is 2.44.